The molecule has 148 heavy (non-hydrogen) atoms. The fourth-order valence-corrected chi connectivity index (χ4v) is 24.2. The van der Waals surface area contributed by atoms with Crippen molar-refractivity contribution in [1.82, 2.24) is 23.3 Å². The summed E-state index contributed by atoms with van der Waals surface area (Å²) >= 11 is 1.83. The summed E-state index contributed by atoms with van der Waals surface area (Å²) < 4.78 is 32.2. The first-order valence-corrected chi connectivity index (χ1v) is 49.5. The topological polar surface area (TPSA) is 72.0 Å². The molecule has 0 bridgehead atoms. The minimum Gasteiger partial charge on any atom is -0.456 e. The van der Waals surface area contributed by atoms with E-state index in [1.807, 2.05) is 66.2 Å². The van der Waals surface area contributed by atoms with E-state index >= 15 is 0 Å². The number of hydrogen-bond donors (Lipinski definition) is 0. The number of furan rings is 2. The van der Waals surface area contributed by atoms with Gasteiger partial charge in [-0.2, -0.15) is 4.57 Å². The predicted molar refractivity (Wildman–Crippen MR) is 625 cm³/mol. The number of benzene rings is 22. The van der Waals surface area contributed by atoms with Crippen molar-refractivity contribution in [1.29, 1.82) is 0 Å². The molecule has 700 valence electrons. The summed E-state index contributed by atoms with van der Waals surface area (Å²) in [5, 5.41) is 28.4. The molecule has 0 saturated heterocycles. The molecule has 32 rings (SSSR count). The van der Waals surface area contributed by atoms with Gasteiger partial charge in [-0.25, -0.2) is 0 Å². The predicted octanol–water partition coefficient (Wildman–Crippen LogP) is 35.1. The van der Waals surface area contributed by atoms with Crippen molar-refractivity contribution in [3.63, 3.8) is 0 Å². The maximum atomic E-state index is 6.32. The van der Waals surface area contributed by atoms with Crippen molar-refractivity contribution < 1.29 is 37.0 Å². The standard InChI is InChI=1S/C45H27NS.C42H26N2O.C36H22N2O.C10H8NO.3CH4.CH3.Li/c1-3-11-30-25-32(19-17-28(30)9-1)42-36-14-5-6-15-37(36)43(33-20-18-29-10-2-4-12-31(29)26-33)40-27-34(21-22-38(40)42)44-45-39(23-24-46-44)35-13-7-8-16-41(35)47-45;1-2-10-29(11-3-1)43-37-15-7-4-12-31(37)35-24-27(18-22-39(35)43)28-19-23-40-36(25-28)32-13-5-8-16-38(32)44(40)30-20-21-34-33-14-6-9-17-41(33)45-42(34)26-30;1-2-10-23(11-3-1)37-31-16-8-5-14-29(31)35-32(37)21-20-28-25-12-4-7-15-30(25)38(36(28)35)24-18-19-27-26-13-6-9-17-33(26)39-34(27)22-24;1-3-8-4-2-6-11-7-12-9(5-1)10(8)11;;;;;/h1-27H;1-26H;1-22H;1-6H,7H2;3*1H4;1H3;/q;;;+1;;;;-1;+1. The molecule has 9 nitrogen and oxygen atoms in total. The molecule has 22 aromatic carbocycles. The van der Waals surface area contributed by atoms with E-state index in [1.165, 1.54) is 200 Å². The number of pyridine rings is 2. The SMILES string of the molecule is C.C.C.[CH3-].[Li+].c1cc2c3c(c1)ccc[n+]3CO2.c1ccc(-n2c3ccccc3c3c2ccc2c4ccccc4n(-c4ccc5c(c4)oc4ccccc45)c23)cc1.c1ccc(-n2c3ccccc3c3cc(-c4ccc5c(c4)c4ccccc4n5-c4ccc5c(c4)oc4ccccc45)ccc32)cc1.c1ccc2cc(-c3c4ccccc4c(-c4ccc5ccccc5c4)c4cc(-c5nccc6c5sc5ccccc56)ccc34)ccc2c1. The van der Waals surface area contributed by atoms with Crippen molar-refractivity contribution in [2.24, 2.45) is 0 Å². The molecule has 0 saturated carbocycles. The smallest absolute Gasteiger partial charge is 0.456 e. The van der Waals surface area contributed by atoms with Crippen molar-refractivity contribution in [3.8, 4) is 73.1 Å². The average Bonchev–Trinajstić information content (AvgIpc) is 1.54. The Labute approximate surface area is 871 Å². The molecule has 31 aromatic rings. The minimum absolute atomic E-state index is 0. The number of para-hydroxylation sites is 9. The molecule has 0 radical (unpaired) electrons. The molecule has 10 heterocycles. The van der Waals surface area contributed by atoms with E-state index in [1.54, 1.807) is 0 Å². The fraction of sp³-hybridized carbons (Fsp3) is 0.0292. The first-order chi connectivity index (χ1) is 70.9. The Hall–Kier alpha value is -18.1. The molecule has 0 spiro atoms. The van der Waals surface area contributed by atoms with Gasteiger partial charge in [-0.3, -0.25) is 4.98 Å². The van der Waals surface area contributed by atoms with E-state index in [0.717, 1.165) is 77.9 Å². The van der Waals surface area contributed by atoms with Crippen LogP contribution in [-0.2, 0) is 6.73 Å². The van der Waals surface area contributed by atoms with Crippen LogP contribution >= 0.6 is 11.3 Å². The number of ether oxygens (including phenoxy) is 1. The minimum atomic E-state index is 0. The van der Waals surface area contributed by atoms with Crippen LogP contribution in [0.4, 0.5) is 0 Å². The zero-order chi connectivity index (χ0) is 93.8. The Morgan fingerprint density at radius 3 is 1.24 bits per heavy atom. The zero-order valence-electron chi connectivity index (χ0n) is 79.3. The van der Waals surface area contributed by atoms with Crippen molar-refractivity contribution in [2.75, 3.05) is 0 Å². The molecule has 1 aliphatic rings. The molecule has 0 amide bonds. The van der Waals surface area contributed by atoms with Crippen LogP contribution in [0.25, 0.3) is 273 Å². The third-order valence-electron chi connectivity index (χ3n) is 29.3. The van der Waals surface area contributed by atoms with E-state index in [-0.39, 0.29) is 48.6 Å². The van der Waals surface area contributed by atoms with Crippen LogP contribution in [0.3, 0.4) is 0 Å². The maximum absolute atomic E-state index is 6.32. The largest absolute Gasteiger partial charge is 1.00 e. The van der Waals surface area contributed by atoms with Gasteiger partial charge in [0.25, 0.3) is 12.2 Å². The number of thiophene rings is 1. The van der Waals surface area contributed by atoms with Gasteiger partial charge >= 0.3 is 18.9 Å². The van der Waals surface area contributed by atoms with E-state index < -0.39 is 0 Å². The second-order valence-electron chi connectivity index (χ2n) is 37.2. The Kier molecular flexibility index (Phi) is 23.4. The quantitative estimate of drug-likeness (QED) is 0.0658. The number of hydrogen-bond acceptors (Lipinski definition) is 5. The van der Waals surface area contributed by atoms with E-state index in [0.29, 0.717) is 6.73 Å². The van der Waals surface area contributed by atoms with Gasteiger partial charge < -0.3 is 39.3 Å². The second-order valence-corrected chi connectivity index (χ2v) is 38.3. The van der Waals surface area contributed by atoms with E-state index in [2.05, 4.69) is 460 Å². The summed E-state index contributed by atoms with van der Waals surface area (Å²) in [5.74, 6) is 0.994. The summed E-state index contributed by atoms with van der Waals surface area (Å²) in [6.45, 7) is 0.649. The molecule has 0 atom stereocenters. The molecule has 11 heteroatoms. The third kappa shape index (κ3) is 15.0. The molecule has 0 aliphatic carbocycles. The van der Waals surface area contributed by atoms with Crippen LogP contribution < -0.4 is 28.2 Å². The third-order valence-corrected chi connectivity index (χ3v) is 30.5. The van der Waals surface area contributed by atoms with Crippen LogP contribution in [0.1, 0.15) is 22.3 Å². The van der Waals surface area contributed by atoms with Crippen molar-refractivity contribution in [2.45, 2.75) is 29.0 Å². The first kappa shape index (κ1) is 92.3. The van der Waals surface area contributed by atoms with Crippen LogP contribution in [0.5, 0.6) is 5.75 Å². The van der Waals surface area contributed by atoms with Gasteiger partial charge in [0.15, 0.2) is 11.9 Å². The molecule has 0 unspecified atom stereocenters. The van der Waals surface area contributed by atoms with E-state index in [4.69, 9.17) is 18.6 Å². The van der Waals surface area contributed by atoms with Gasteiger partial charge in [0.1, 0.15) is 22.3 Å². The Balaban J connectivity index is 0.000000110. The number of nitrogens with zero attached hydrogens (tertiary/aromatic N) is 6. The van der Waals surface area contributed by atoms with Crippen LogP contribution in [0, 0.1) is 7.43 Å². The van der Waals surface area contributed by atoms with Crippen LogP contribution in [-0.4, -0.2) is 23.3 Å². The van der Waals surface area contributed by atoms with Gasteiger partial charge in [0, 0.05) is 133 Å². The summed E-state index contributed by atoms with van der Waals surface area (Å²) in [6.07, 6.45) is 4.00. The Morgan fingerprint density at radius 1 is 0.250 bits per heavy atom. The summed E-state index contributed by atoms with van der Waals surface area (Å²) in [4.78, 5) is 5.01. The maximum Gasteiger partial charge on any atom is 1.00 e. The van der Waals surface area contributed by atoms with Gasteiger partial charge in [0.05, 0.1) is 59.9 Å². The number of fused-ring (bicyclic) bond motifs is 26. The monoisotopic (exact) mass is 1910 g/mol. The molecular weight excluding hydrogens is 1820 g/mol. The molecule has 0 fully saturated rings. The van der Waals surface area contributed by atoms with Gasteiger partial charge in [-0.05, 0) is 240 Å². The van der Waals surface area contributed by atoms with Crippen molar-refractivity contribution >= 4 is 217 Å². The van der Waals surface area contributed by atoms with E-state index in [9.17, 15) is 0 Å². The molecule has 1 aliphatic heterocycles. The fourth-order valence-electron chi connectivity index (χ4n) is 22.9. The zero-order valence-corrected chi connectivity index (χ0v) is 80.1. The van der Waals surface area contributed by atoms with Crippen molar-refractivity contribution in [3.05, 3.63) is 499 Å². The molecular formula is C137H98LiN6O3S+. The summed E-state index contributed by atoms with van der Waals surface area (Å²) in [6, 6.07) is 172. The molecule has 0 N–H and O–H groups in total. The summed E-state index contributed by atoms with van der Waals surface area (Å²) in [5.41, 5.74) is 28.5. The summed E-state index contributed by atoms with van der Waals surface area (Å²) in [7, 11) is 0. The number of aromatic nitrogens is 6. The van der Waals surface area contributed by atoms with Crippen LogP contribution in [0.15, 0.2) is 500 Å². The normalized spacial score (nSPS) is 11.7. The van der Waals surface area contributed by atoms with Gasteiger partial charge in [-0.1, -0.05) is 320 Å². The molecule has 9 aromatic heterocycles. The number of rotatable bonds is 8. The van der Waals surface area contributed by atoms with Gasteiger partial charge in [-0.15, -0.1) is 11.3 Å². The Bertz CT molecular complexity index is 10700. The first-order valence-electron chi connectivity index (χ1n) is 48.7. The second kappa shape index (κ2) is 37.5. The Morgan fingerprint density at radius 2 is 0.649 bits per heavy atom. The van der Waals surface area contributed by atoms with Gasteiger partial charge in [0.2, 0.25) is 0 Å². The van der Waals surface area contributed by atoms with Crippen LogP contribution in [0.2, 0.25) is 0 Å². The average molecular weight is 1920 g/mol.